The minimum atomic E-state index is -0.169. The average molecular weight is 269 g/mol. The van der Waals surface area contributed by atoms with Gasteiger partial charge in [-0.25, -0.2) is 0 Å². The Bertz CT molecular complexity index is 603. The third-order valence-electron chi connectivity index (χ3n) is 3.27. The number of pyridine rings is 1. The van der Waals surface area contributed by atoms with Crippen LogP contribution in [0.15, 0.2) is 42.7 Å². The first-order valence-electron chi connectivity index (χ1n) is 6.32. The van der Waals surface area contributed by atoms with Crippen LogP contribution in [0.1, 0.15) is 40.2 Å². The van der Waals surface area contributed by atoms with Crippen molar-refractivity contribution in [1.82, 2.24) is 4.98 Å². The summed E-state index contributed by atoms with van der Waals surface area (Å²) in [6.07, 6.45) is 5.29. The number of nitrogens with zero attached hydrogens (tertiary/aromatic N) is 1. The Morgan fingerprint density at radius 3 is 2.35 bits per heavy atom. The minimum absolute atomic E-state index is 0.0752. The Labute approximate surface area is 117 Å². The first kappa shape index (κ1) is 13.9. The first-order valence-corrected chi connectivity index (χ1v) is 6.32. The molecular weight excluding hydrogens is 254 g/mol. The van der Waals surface area contributed by atoms with Crippen LogP contribution in [-0.2, 0) is 4.79 Å². The molecule has 102 valence electrons. The van der Waals surface area contributed by atoms with E-state index in [4.69, 9.17) is 4.79 Å². The summed E-state index contributed by atoms with van der Waals surface area (Å²) in [4.78, 5) is 23.9. The van der Waals surface area contributed by atoms with E-state index >= 15 is 0 Å². The summed E-state index contributed by atoms with van der Waals surface area (Å²) in [5.41, 5.74) is 2.19. The van der Waals surface area contributed by atoms with Crippen molar-refractivity contribution in [2.75, 3.05) is 0 Å². The number of aromatic hydroxyl groups is 1. The summed E-state index contributed by atoms with van der Waals surface area (Å²) < 4.78 is 0. The second-order valence-electron chi connectivity index (χ2n) is 4.62. The third-order valence-corrected chi connectivity index (χ3v) is 3.27. The lowest BCUT2D eigenvalue weighted by Gasteiger charge is -2.04. The van der Waals surface area contributed by atoms with Crippen molar-refractivity contribution in [3.8, 4) is 5.75 Å². The highest BCUT2D eigenvalue weighted by Gasteiger charge is 2.23. The molecule has 4 heteroatoms. The van der Waals surface area contributed by atoms with Gasteiger partial charge < -0.3 is 9.90 Å². The molecule has 1 aromatic heterocycles. The molecule has 0 saturated heterocycles. The quantitative estimate of drug-likeness (QED) is 0.870. The summed E-state index contributed by atoms with van der Waals surface area (Å²) in [5.74, 6) is 0.439. The number of benzene rings is 1. The lowest BCUT2D eigenvalue weighted by Crippen LogP contribution is -2.02. The van der Waals surface area contributed by atoms with E-state index in [-0.39, 0.29) is 11.5 Å². The summed E-state index contributed by atoms with van der Waals surface area (Å²) in [7, 11) is 0. The van der Waals surface area contributed by atoms with Crippen molar-refractivity contribution in [2.24, 2.45) is 0 Å². The van der Waals surface area contributed by atoms with Gasteiger partial charge in [0.2, 0.25) is 0 Å². The molecule has 4 nitrogen and oxygen atoms in total. The number of rotatable bonds is 3. The van der Waals surface area contributed by atoms with Crippen LogP contribution in [0.3, 0.4) is 0 Å². The van der Waals surface area contributed by atoms with Gasteiger partial charge in [-0.3, -0.25) is 9.78 Å². The Kier molecular flexibility index (Phi) is 4.25. The maximum absolute atomic E-state index is 12.2. The van der Waals surface area contributed by atoms with Crippen LogP contribution in [0.5, 0.6) is 5.75 Å². The van der Waals surface area contributed by atoms with Gasteiger partial charge in [0.05, 0.1) is 11.8 Å². The van der Waals surface area contributed by atoms with Gasteiger partial charge in [0, 0.05) is 11.8 Å². The topological polar surface area (TPSA) is 67.3 Å². The molecule has 1 N–H and O–H groups in total. The largest absolute Gasteiger partial charge is 0.506 e. The number of carbonyl (C=O) groups is 2. The van der Waals surface area contributed by atoms with E-state index in [2.05, 4.69) is 4.98 Å². The Morgan fingerprint density at radius 1 is 1.15 bits per heavy atom. The molecule has 1 saturated carbocycles. The van der Waals surface area contributed by atoms with Crippen LogP contribution in [0.4, 0.5) is 0 Å². The second kappa shape index (κ2) is 6.10. The van der Waals surface area contributed by atoms with Crippen LogP contribution in [-0.4, -0.2) is 22.7 Å². The SMILES string of the molecule is C=O.O=C(c1ccc(C2CC2)cc1)c1ccncc1O. The van der Waals surface area contributed by atoms with E-state index in [1.165, 1.54) is 36.9 Å². The van der Waals surface area contributed by atoms with Gasteiger partial charge in [0.25, 0.3) is 0 Å². The van der Waals surface area contributed by atoms with E-state index in [1.54, 1.807) is 0 Å². The fraction of sp³-hybridized carbons (Fsp3) is 0.188. The number of carbonyl (C=O) groups excluding carboxylic acids is 2. The maximum Gasteiger partial charge on any atom is 0.196 e. The Hall–Kier alpha value is -2.49. The van der Waals surface area contributed by atoms with Gasteiger partial charge in [-0.1, -0.05) is 24.3 Å². The zero-order chi connectivity index (χ0) is 14.5. The first-order chi connectivity index (χ1) is 9.75. The highest BCUT2D eigenvalue weighted by molar-refractivity contribution is 6.10. The number of hydrogen-bond donors (Lipinski definition) is 1. The van der Waals surface area contributed by atoms with Crippen LogP contribution in [0.25, 0.3) is 0 Å². The summed E-state index contributed by atoms with van der Waals surface area (Å²) in [6, 6.07) is 9.20. The summed E-state index contributed by atoms with van der Waals surface area (Å²) in [6.45, 7) is 2.00. The highest BCUT2D eigenvalue weighted by Crippen LogP contribution is 2.40. The number of hydrogen-bond acceptors (Lipinski definition) is 4. The van der Waals surface area contributed by atoms with Crippen LogP contribution < -0.4 is 0 Å². The van der Waals surface area contributed by atoms with Gasteiger partial charge in [0.15, 0.2) is 5.78 Å². The highest BCUT2D eigenvalue weighted by atomic mass is 16.3. The van der Waals surface area contributed by atoms with Gasteiger partial charge in [-0.05, 0) is 30.4 Å². The molecule has 1 aliphatic rings. The Morgan fingerprint density at radius 2 is 1.80 bits per heavy atom. The molecule has 1 heterocycles. The summed E-state index contributed by atoms with van der Waals surface area (Å²) in [5, 5.41) is 9.61. The van der Waals surface area contributed by atoms with E-state index in [9.17, 15) is 9.90 Å². The van der Waals surface area contributed by atoms with Crippen molar-refractivity contribution in [1.29, 1.82) is 0 Å². The maximum atomic E-state index is 12.2. The molecule has 20 heavy (non-hydrogen) atoms. The molecule has 1 fully saturated rings. The van der Waals surface area contributed by atoms with E-state index < -0.39 is 0 Å². The lowest BCUT2D eigenvalue weighted by molar-refractivity contribution is -0.0980. The average Bonchev–Trinajstić information content (AvgIpc) is 3.34. The lowest BCUT2D eigenvalue weighted by atomic mass is 10.0. The molecule has 1 aromatic carbocycles. The van der Waals surface area contributed by atoms with Gasteiger partial charge in [0.1, 0.15) is 12.5 Å². The molecular formula is C16H15NO3. The summed E-state index contributed by atoms with van der Waals surface area (Å²) >= 11 is 0. The minimum Gasteiger partial charge on any atom is -0.506 e. The third kappa shape index (κ3) is 2.91. The molecule has 0 radical (unpaired) electrons. The van der Waals surface area contributed by atoms with Crippen molar-refractivity contribution in [3.05, 3.63) is 59.4 Å². The van der Waals surface area contributed by atoms with E-state index in [0.29, 0.717) is 17.0 Å². The number of ketones is 1. The zero-order valence-corrected chi connectivity index (χ0v) is 11.0. The normalized spacial score (nSPS) is 13.2. The predicted molar refractivity (Wildman–Crippen MR) is 74.9 cm³/mol. The zero-order valence-electron chi connectivity index (χ0n) is 11.0. The van der Waals surface area contributed by atoms with Crippen molar-refractivity contribution in [3.63, 3.8) is 0 Å². The molecule has 0 unspecified atom stereocenters. The van der Waals surface area contributed by atoms with E-state index in [1.807, 2.05) is 31.1 Å². The molecule has 0 amide bonds. The molecule has 3 rings (SSSR count). The van der Waals surface area contributed by atoms with Crippen LogP contribution >= 0.6 is 0 Å². The standard InChI is InChI=1S/C15H13NO2.CH2O/c17-14-9-16-8-7-13(14)15(18)12-5-3-11(4-6-12)10-1-2-10;1-2/h3-10,17H,1-2H2;1H2. The smallest absolute Gasteiger partial charge is 0.196 e. The van der Waals surface area contributed by atoms with E-state index in [0.717, 1.165) is 0 Å². The molecule has 0 aliphatic heterocycles. The number of aromatic nitrogens is 1. The molecule has 0 atom stereocenters. The van der Waals surface area contributed by atoms with Gasteiger partial charge >= 0.3 is 0 Å². The van der Waals surface area contributed by atoms with Crippen LogP contribution in [0, 0.1) is 0 Å². The van der Waals surface area contributed by atoms with Crippen molar-refractivity contribution >= 4 is 12.6 Å². The van der Waals surface area contributed by atoms with Crippen molar-refractivity contribution in [2.45, 2.75) is 18.8 Å². The fourth-order valence-electron chi connectivity index (χ4n) is 2.06. The molecule has 1 aliphatic carbocycles. The monoisotopic (exact) mass is 269 g/mol. The second-order valence-corrected chi connectivity index (χ2v) is 4.62. The fourth-order valence-corrected chi connectivity index (χ4v) is 2.06. The molecule has 0 bridgehead atoms. The van der Waals surface area contributed by atoms with Gasteiger partial charge in [-0.15, -0.1) is 0 Å². The predicted octanol–water partition coefficient (Wildman–Crippen LogP) is 2.71. The molecule has 2 aromatic rings. The van der Waals surface area contributed by atoms with Crippen molar-refractivity contribution < 1.29 is 14.7 Å². The Balaban J connectivity index is 0.000000704. The molecule has 0 spiro atoms. The van der Waals surface area contributed by atoms with Gasteiger partial charge in [-0.2, -0.15) is 0 Å². The van der Waals surface area contributed by atoms with Crippen LogP contribution in [0.2, 0.25) is 0 Å².